The van der Waals surface area contributed by atoms with E-state index in [-0.39, 0.29) is 0 Å². The van der Waals surface area contributed by atoms with E-state index >= 15 is 0 Å². The lowest BCUT2D eigenvalue weighted by molar-refractivity contribution is 0.271. The van der Waals surface area contributed by atoms with E-state index < -0.39 is 0 Å². The molecule has 117 valence electrons. The number of fused-ring (bicyclic) bond motifs is 1. The summed E-state index contributed by atoms with van der Waals surface area (Å²) < 4.78 is 1.87. The van der Waals surface area contributed by atoms with E-state index in [0.29, 0.717) is 0 Å². The van der Waals surface area contributed by atoms with Crippen LogP contribution in [0.1, 0.15) is 6.92 Å². The summed E-state index contributed by atoms with van der Waals surface area (Å²) in [7, 11) is 0. The molecule has 23 heavy (non-hydrogen) atoms. The lowest BCUT2D eigenvalue weighted by atomic mass is 10.1. The van der Waals surface area contributed by atoms with Gasteiger partial charge in [-0.2, -0.15) is 5.10 Å². The Bertz CT molecular complexity index is 749. The lowest BCUT2D eigenvalue weighted by Crippen LogP contribution is -2.46. The van der Waals surface area contributed by atoms with Crippen LogP contribution in [0.25, 0.3) is 16.6 Å². The second kappa shape index (κ2) is 6.05. The molecule has 1 radical (unpaired) electrons. The molecule has 0 unspecified atom stereocenters. The highest BCUT2D eigenvalue weighted by atomic mass is 15.3. The van der Waals surface area contributed by atoms with Crippen LogP contribution in [0.3, 0.4) is 0 Å². The van der Waals surface area contributed by atoms with Gasteiger partial charge in [0.15, 0.2) is 0 Å². The SMILES string of the molecule is CCN1CCN(c2ccc(-c3cc4[c]ccnn4c3)cc2)CC1. The second-order valence-electron chi connectivity index (χ2n) is 6.00. The molecule has 4 heteroatoms. The molecule has 1 aliphatic heterocycles. The Morgan fingerprint density at radius 3 is 2.52 bits per heavy atom. The molecule has 0 amide bonds. The van der Waals surface area contributed by atoms with Gasteiger partial charge in [-0.05, 0) is 36.4 Å². The Labute approximate surface area is 136 Å². The fourth-order valence-corrected chi connectivity index (χ4v) is 3.23. The fourth-order valence-electron chi connectivity index (χ4n) is 3.23. The largest absolute Gasteiger partial charge is 0.369 e. The monoisotopic (exact) mass is 305 g/mol. The molecule has 1 aliphatic rings. The van der Waals surface area contributed by atoms with Gasteiger partial charge in [-0.3, -0.25) is 0 Å². The smallest absolute Gasteiger partial charge is 0.0732 e. The minimum absolute atomic E-state index is 1.00. The summed E-state index contributed by atoms with van der Waals surface area (Å²) in [6, 6.07) is 16.0. The molecule has 0 saturated carbocycles. The van der Waals surface area contributed by atoms with E-state index in [1.54, 1.807) is 6.20 Å². The first-order valence-electron chi connectivity index (χ1n) is 8.26. The van der Waals surface area contributed by atoms with Crippen LogP contribution in [-0.2, 0) is 0 Å². The van der Waals surface area contributed by atoms with Gasteiger partial charge in [0.1, 0.15) is 0 Å². The van der Waals surface area contributed by atoms with Gasteiger partial charge in [0.05, 0.1) is 5.52 Å². The summed E-state index contributed by atoms with van der Waals surface area (Å²) in [6.45, 7) is 7.93. The maximum Gasteiger partial charge on any atom is 0.0732 e. The summed E-state index contributed by atoms with van der Waals surface area (Å²) in [6.07, 6.45) is 3.82. The van der Waals surface area contributed by atoms with Crippen molar-refractivity contribution in [1.82, 2.24) is 14.5 Å². The normalized spacial score (nSPS) is 16.1. The Morgan fingerprint density at radius 1 is 1.04 bits per heavy atom. The predicted molar refractivity (Wildman–Crippen MR) is 93.8 cm³/mol. The van der Waals surface area contributed by atoms with Crippen molar-refractivity contribution in [2.75, 3.05) is 37.6 Å². The van der Waals surface area contributed by atoms with E-state index in [1.165, 1.54) is 16.8 Å². The van der Waals surface area contributed by atoms with Gasteiger partial charge in [-0.15, -0.1) is 0 Å². The zero-order valence-electron chi connectivity index (χ0n) is 13.4. The highest BCUT2D eigenvalue weighted by molar-refractivity contribution is 5.71. The minimum atomic E-state index is 1.00. The summed E-state index contributed by atoms with van der Waals surface area (Å²) >= 11 is 0. The first-order valence-corrected chi connectivity index (χ1v) is 8.26. The standard InChI is InChI=1S/C19H21N4/c1-2-21-10-12-22(13-11-21)18-7-5-16(6-8-18)17-14-19-4-3-9-20-23(19)15-17/h3,5-9,14-15H,2,10-13H2,1H3. The number of rotatable bonds is 3. The Kier molecular flexibility index (Phi) is 3.75. The number of anilines is 1. The van der Waals surface area contributed by atoms with Crippen molar-refractivity contribution in [3.8, 4) is 11.1 Å². The molecule has 0 N–H and O–H groups in total. The molecule has 1 fully saturated rings. The van der Waals surface area contributed by atoms with Crippen molar-refractivity contribution < 1.29 is 0 Å². The zero-order chi connectivity index (χ0) is 15.6. The molecule has 0 aliphatic carbocycles. The molecule has 0 atom stereocenters. The van der Waals surface area contributed by atoms with Crippen molar-refractivity contribution in [2.45, 2.75) is 6.92 Å². The van der Waals surface area contributed by atoms with E-state index in [2.05, 4.69) is 64.4 Å². The van der Waals surface area contributed by atoms with Gasteiger partial charge >= 0.3 is 0 Å². The van der Waals surface area contributed by atoms with Crippen molar-refractivity contribution in [1.29, 1.82) is 0 Å². The van der Waals surface area contributed by atoms with E-state index in [4.69, 9.17) is 0 Å². The molecule has 0 bridgehead atoms. The third-order valence-corrected chi connectivity index (χ3v) is 4.68. The van der Waals surface area contributed by atoms with Crippen molar-refractivity contribution in [3.63, 3.8) is 0 Å². The van der Waals surface area contributed by atoms with Gasteiger partial charge in [0.25, 0.3) is 0 Å². The van der Waals surface area contributed by atoms with Crippen LogP contribution in [0.2, 0.25) is 0 Å². The summed E-state index contributed by atoms with van der Waals surface area (Å²) in [5.74, 6) is 0. The van der Waals surface area contributed by atoms with E-state index in [1.807, 2.05) is 10.6 Å². The molecular weight excluding hydrogens is 284 g/mol. The number of aromatic nitrogens is 2. The molecule has 4 rings (SSSR count). The number of hydrogen-bond acceptors (Lipinski definition) is 3. The molecule has 3 heterocycles. The topological polar surface area (TPSA) is 23.8 Å². The van der Waals surface area contributed by atoms with Crippen LogP contribution in [0.5, 0.6) is 0 Å². The molecule has 4 nitrogen and oxygen atoms in total. The Hall–Kier alpha value is -2.33. The lowest BCUT2D eigenvalue weighted by Gasteiger charge is -2.35. The quantitative estimate of drug-likeness (QED) is 0.743. The summed E-state index contributed by atoms with van der Waals surface area (Å²) in [5.41, 5.74) is 4.72. The first-order chi connectivity index (χ1) is 11.3. The third kappa shape index (κ3) is 2.82. The Morgan fingerprint density at radius 2 is 1.83 bits per heavy atom. The number of likely N-dealkylation sites (N-methyl/N-ethyl adjacent to an activating group) is 1. The Balaban J connectivity index is 1.54. The molecule has 0 spiro atoms. The average molecular weight is 305 g/mol. The van der Waals surface area contributed by atoms with Gasteiger partial charge in [0, 0.05) is 55.9 Å². The number of piperazine rings is 1. The van der Waals surface area contributed by atoms with Crippen LogP contribution >= 0.6 is 0 Å². The van der Waals surface area contributed by atoms with Crippen molar-refractivity contribution >= 4 is 11.2 Å². The highest BCUT2D eigenvalue weighted by Crippen LogP contribution is 2.25. The predicted octanol–water partition coefficient (Wildman–Crippen LogP) is 2.94. The summed E-state index contributed by atoms with van der Waals surface area (Å²) in [4.78, 5) is 4.97. The van der Waals surface area contributed by atoms with Crippen LogP contribution in [-0.4, -0.2) is 47.2 Å². The molecule has 3 aromatic rings. The van der Waals surface area contributed by atoms with Gasteiger partial charge in [-0.1, -0.05) is 19.1 Å². The first kappa shape index (κ1) is 14.3. The highest BCUT2D eigenvalue weighted by Gasteiger charge is 2.15. The van der Waals surface area contributed by atoms with Gasteiger partial charge in [0.2, 0.25) is 0 Å². The van der Waals surface area contributed by atoms with Crippen LogP contribution < -0.4 is 4.90 Å². The summed E-state index contributed by atoms with van der Waals surface area (Å²) in [5, 5.41) is 4.31. The van der Waals surface area contributed by atoms with Gasteiger partial charge < -0.3 is 9.80 Å². The fraction of sp³-hybridized carbons (Fsp3) is 0.316. The number of hydrogen-bond donors (Lipinski definition) is 0. The van der Waals surface area contributed by atoms with Crippen LogP contribution in [0, 0.1) is 6.07 Å². The number of nitrogens with zero attached hydrogens (tertiary/aromatic N) is 4. The average Bonchev–Trinajstić information content (AvgIpc) is 3.06. The molecular formula is C19H21N4. The van der Waals surface area contributed by atoms with Crippen molar-refractivity contribution in [3.05, 3.63) is 54.9 Å². The van der Waals surface area contributed by atoms with Crippen molar-refractivity contribution in [2.24, 2.45) is 0 Å². The van der Waals surface area contributed by atoms with E-state index in [9.17, 15) is 0 Å². The van der Waals surface area contributed by atoms with E-state index in [0.717, 1.165) is 38.2 Å². The maximum atomic E-state index is 4.31. The second-order valence-corrected chi connectivity index (χ2v) is 6.00. The van der Waals surface area contributed by atoms with Gasteiger partial charge in [-0.25, -0.2) is 4.52 Å². The third-order valence-electron chi connectivity index (χ3n) is 4.68. The molecule has 1 aromatic carbocycles. The molecule has 2 aromatic heterocycles. The minimum Gasteiger partial charge on any atom is -0.369 e. The van der Waals surface area contributed by atoms with Crippen LogP contribution in [0.4, 0.5) is 5.69 Å². The zero-order valence-corrected chi connectivity index (χ0v) is 13.4. The van der Waals surface area contributed by atoms with Crippen LogP contribution in [0.15, 0.2) is 48.8 Å². The number of benzene rings is 1. The maximum absolute atomic E-state index is 4.31. The molecule has 1 saturated heterocycles.